The second-order valence-electron chi connectivity index (χ2n) is 4.85. The van der Waals surface area contributed by atoms with Crippen molar-refractivity contribution in [3.63, 3.8) is 0 Å². The van der Waals surface area contributed by atoms with Gasteiger partial charge < -0.3 is 15.0 Å². The molecule has 114 valence electrons. The summed E-state index contributed by atoms with van der Waals surface area (Å²) in [6.45, 7) is 0.911. The first kappa shape index (κ1) is 14.1. The average Bonchev–Trinajstić information content (AvgIpc) is 3.18. The molecule has 2 heterocycles. The molecule has 0 radical (unpaired) electrons. The molecule has 0 saturated heterocycles. The maximum Gasteiger partial charge on any atom is 0.222 e. The molecule has 0 spiro atoms. The number of carbonyl (C=O) groups is 1. The van der Waals surface area contributed by atoms with Gasteiger partial charge in [0.1, 0.15) is 12.1 Å². The monoisotopic (exact) mass is 300 g/mol. The van der Waals surface area contributed by atoms with Gasteiger partial charge in [0.25, 0.3) is 0 Å². The van der Waals surface area contributed by atoms with Gasteiger partial charge >= 0.3 is 0 Å². The molecule has 0 unspecified atom stereocenters. The smallest absolute Gasteiger partial charge is 0.222 e. The number of aromatic nitrogens is 5. The van der Waals surface area contributed by atoms with Crippen molar-refractivity contribution in [2.24, 2.45) is 0 Å². The molecular formula is C14H16N6O2. The number of H-pyrrole nitrogens is 1. The normalized spacial score (nSPS) is 10.8. The molecule has 0 aliphatic heterocycles. The van der Waals surface area contributed by atoms with Crippen LogP contribution < -0.4 is 10.1 Å². The lowest BCUT2D eigenvalue weighted by atomic mass is 10.2. The van der Waals surface area contributed by atoms with Crippen molar-refractivity contribution in [2.45, 2.75) is 19.5 Å². The van der Waals surface area contributed by atoms with Gasteiger partial charge in [0.05, 0.1) is 20.2 Å². The molecule has 2 aromatic heterocycles. The van der Waals surface area contributed by atoms with Gasteiger partial charge in [-0.15, -0.1) is 5.10 Å². The van der Waals surface area contributed by atoms with Gasteiger partial charge in [-0.25, -0.2) is 4.68 Å². The number of fused-ring (bicyclic) bond motifs is 1. The summed E-state index contributed by atoms with van der Waals surface area (Å²) in [7, 11) is 1.64. The van der Waals surface area contributed by atoms with E-state index >= 15 is 0 Å². The number of methoxy groups -OCH3 is 1. The van der Waals surface area contributed by atoms with Crippen LogP contribution in [0.3, 0.4) is 0 Å². The highest BCUT2D eigenvalue weighted by Gasteiger charge is 2.05. The van der Waals surface area contributed by atoms with Crippen molar-refractivity contribution < 1.29 is 9.53 Å². The lowest BCUT2D eigenvalue weighted by Crippen LogP contribution is -2.24. The summed E-state index contributed by atoms with van der Waals surface area (Å²) in [6, 6.07) is 7.80. The van der Waals surface area contributed by atoms with E-state index in [1.807, 2.05) is 24.3 Å². The van der Waals surface area contributed by atoms with Crippen LogP contribution in [0.2, 0.25) is 0 Å². The van der Waals surface area contributed by atoms with E-state index in [1.165, 1.54) is 11.0 Å². The number of rotatable bonds is 6. The molecule has 3 rings (SSSR count). The summed E-state index contributed by atoms with van der Waals surface area (Å²) in [5, 5.41) is 14.7. The minimum atomic E-state index is -0.0493. The molecule has 1 amide bonds. The highest BCUT2D eigenvalue weighted by molar-refractivity contribution is 5.82. The van der Waals surface area contributed by atoms with Crippen LogP contribution in [0.15, 0.2) is 30.6 Å². The SMILES string of the molecule is COc1ccc2[nH]c(CNC(=O)CCn3cnnn3)cc2c1. The number of hydrogen-bond donors (Lipinski definition) is 2. The molecule has 0 atom stereocenters. The summed E-state index contributed by atoms with van der Waals surface area (Å²) in [5.74, 6) is 0.760. The highest BCUT2D eigenvalue weighted by atomic mass is 16.5. The fraction of sp³-hybridized carbons (Fsp3) is 0.286. The van der Waals surface area contributed by atoms with Crippen LogP contribution in [-0.4, -0.2) is 38.2 Å². The standard InChI is InChI=1S/C14H16N6O2/c1-22-12-2-3-13-10(7-12)6-11(17-13)8-15-14(21)4-5-20-9-16-18-19-20/h2-3,6-7,9,17H,4-5,8H2,1H3,(H,15,21). The second-order valence-corrected chi connectivity index (χ2v) is 4.85. The Labute approximate surface area is 126 Å². The summed E-state index contributed by atoms with van der Waals surface area (Å²) in [5.41, 5.74) is 1.96. The zero-order valence-corrected chi connectivity index (χ0v) is 12.1. The minimum Gasteiger partial charge on any atom is -0.497 e. The number of nitrogens with zero attached hydrogens (tertiary/aromatic N) is 4. The summed E-state index contributed by atoms with van der Waals surface area (Å²) < 4.78 is 6.72. The number of ether oxygens (including phenoxy) is 1. The Hall–Kier alpha value is -2.90. The zero-order chi connectivity index (χ0) is 15.4. The maximum absolute atomic E-state index is 11.8. The van der Waals surface area contributed by atoms with Crippen LogP contribution in [-0.2, 0) is 17.9 Å². The third-order valence-electron chi connectivity index (χ3n) is 3.32. The van der Waals surface area contributed by atoms with Gasteiger partial charge in [-0.2, -0.15) is 0 Å². The highest BCUT2D eigenvalue weighted by Crippen LogP contribution is 2.21. The van der Waals surface area contributed by atoms with Crippen LogP contribution in [0.1, 0.15) is 12.1 Å². The first-order valence-electron chi connectivity index (χ1n) is 6.88. The van der Waals surface area contributed by atoms with Crippen LogP contribution >= 0.6 is 0 Å². The van der Waals surface area contributed by atoms with Crippen molar-refractivity contribution in [1.29, 1.82) is 0 Å². The van der Waals surface area contributed by atoms with Gasteiger partial charge in [0.2, 0.25) is 5.91 Å². The van der Waals surface area contributed by atoms with Crippen LogP contribution in [0.25, 0.3) is 10.9 Å². The third kappa shape index (κ3) is 3.22. The van der Waals surface area contributed by atoms with E-state index in [-0.39, 0.29) is 5.91 Å². The minimum absolute atomic E-state index is 0.0493. The molecule has 2 N–H and O–H groups in total. The van der Waals surface area contributed by atoms with E-state index in [1.54, 1.807) is 7.11 Å². The molecule has 8 heteroatoms. The third-order valence-corrected chi connectivity index (χ3v) is 3.32. The largest absolute Gasteiger partial charge is 0.497 e. The number of aromatic amines is 1. The fourth-order valence-electron chi connectivity index (χ4n) is 2.17. The van der Waals surface area contributed by atoms with Crippen molar-refractivity contribution in [3.8, 4) is 5.75 Å². The van der Waals surface area contributed by atoms with E-state index in [0.717, 1.165) is 22.3 Å². The lowest BCUT2D eigenvalue weighted by molar-refractivity contribution is -0.121. The number of hydrogen-bond acceptors (Lipinski definition) is 5. The number of nitrogens with one attached hydrogen (secondary N) is 2. The quantitative estimate of drug-likeness (QED) is 0.704. The first-order valence-corrected chi connectivity index (χ1v) is 6.88. The van der Waals surface area contributed by atoms with E-state index in [2.05, 4.69) is 25.8 Å². The van der Waals surface area contributed by atoms with Crippen molar-refractivity contribution >= 4 is 16.8 Å². The van der Waals surface area contributed by atoms with Gasteiger partial charge in [0.15, 0.2) is 0 Å². The van der Waals surface area contributed by atoms with Gasteiger partial charge in [-0.1, -0.05) is 0 Å². The Balaban J connectivity index is 1.55. The maximum atomic E-state index is 11.8. The number of amides is 1. The van der Waals surface area contributed by atoms with Gasteiger partial charge in [-0.05, 0) is 34.7 Å². The molecule has 0 aliphatic rings. The average molecular weight is 300 g/mol. The van der Waals surface area contributed by atoms with Crippen LogP contribution in [0.4, 0.5) is 0 Å². The number of aryl methyl sites for hydroxylation is 1. The van der Waals surface area contributed by atoms with Crippen molar-refractivity contribution in [2.75, 3.05) is 7.11 Å². The van der Waals surface area contributed by atoms with E-state index in [4.69, 9.17) is 4.74 Å². The van der Waals surface area contributed by atoms with E-state index in [0.29, 0.717) is 19.5 Å². The van der Waals surface area contributed by atoms with Gasteiger partial charge in [0, 0.05) is 23.0 Å². The topological polar surface area (TPSA) is 97.7 Å². The number of carbonyl (C=O) groups excluding carboxylic acids is 1. The van der Waals surface area contributed by atoms with E-state index in [9.17, 15) is 4.79 Å². The summed E-state index contributed by atoms with van der Waals surface area (Å²) in [4.78, 5) is 15.1. The van der Waals surface area contributed by atoms with E-state index < -0.39 is 0 Å². The molecule has 3 aromatic rings. The Morgan fingerprint density at radius 1 is 1.41 bits per heavy atom. The Morgan fingerprint density at radius 3 is 3.09 bits per heavy atom. The predicted octanol–water partition coefficient (Wildman–Crippen LogP) is 0.869. The molecular weight excluding hydrogens is 284 g/mol. The lowest BCUT2D eigenvalue weighted by Gasteiger charge is -2.03. The molecule has 8 nitrogen and oxygen atoms in total. The molecule has 0 aliphatic carbocycles. The predicted molar refractivity (Wildman–Crippen MR) is 79.1 cm³/mol. The number of benzene rings is 1. The summed E-state index contributed by atoms with van der Waals surface area (Å²) in [6.07, 6.45) is 1.82. The zero-order valence-electron chi connectivity index (χ0n) is 12.1. The molecule has 0 saturated carbocycles. The van der Waals surface area contributed by atoms with Crippen LogP contribution in [0.5, 0.6) is 5.75 Å². The molecule has 22 heavy (non-hydrogen) atoms. The van der Waals surface area contributed by atoms with Crippen LogP contribution in [0, 0.1) is 0 Å². The Morgan fingerprint density at radius 2 is 2.32 bits per heavy atom. The second kappa shape index (κ2) is 6.25. The van der Waals surface area contributed by atoms with Gasteiger partial charge in [-0.3, -0.25) is 4.79 Å². The molecule has 0 bridgehead atoms. The molecule has 1 aromatic carbocycles. The summed E-state index contributed by atoms with van der Waals surface area (Å²) >= 11 is 0. The van der Waals surface area contributed by atoms with Crippen molar-refractivity contribution in [1.82, 2.24) is 30.5 Å². The molecule has 0 fully saturated rings. The number of tetrazole rings is 1. The Bertz CT molecular complexity index is 765. The first-order chi connectivity index (χ1) is 10.7. The van der Waals surface area contributed by atoms with Crippen molar-refractivity contribution in [3.05, 3.63) is 36.3 Å². The Kier molecular flexibility index (Phi) is 3.99. The fourth-order valence-corrected chi connectivity index (χ4v) is 2.17.